The highest BCUT2D eigenvalue weighted by Gasteiger charge is 2.30. The summed E-state index contributed by atoms with van der Waals surface area (Å²) in [6.07, 6.45) is -1.60. The van der Waals surface area contributed by atoms with Gasteiger partial charge < -0.3 is 19.5 Å². The molecule has 1 N–H and O–H groups in total. The van der Waals surface area contributed by atoms with Gasteiger partial charge in [-0.25, -0.2) is 4.79 Å². The van der Waals surface area contributed by atoms with Gasteiger partial charge in [0.1, 0.15) is 12.3 Å². The number of rotatable bonds is 9. The Morgan fingerprint density at radius 1 is 0.971 bits per heavy atom. The Morgan fingerprint density at radius 2 is 1.74 bits per heavy atom. The Labute approximate surface area is 195 Å². The van der Waals surface area contributed by atoms with Crippen molar-refractivity contribution in [3.05, 3.63) is 103 Å². The number of amides is 3. The van der Waals surface area contributed by atoms with E-state index in [0.29, 0.717) is 5.76 Å². The SMILES string of the molecule is C=CCN(CC(=O)N(Cc1ccccc1)Cc1ccco1)C(=O)Nc1cccc(C(F)(F)F)c1. The van der Waals surface area contributed by atoms with Gasteiger partial charge in [0.25, 0.3) is 0 Å². The number of hydrogen-bond donors (Lipinski definition) is 1. The van der Waals surface area contributed by atoms with E-state index < -0.39 is 17.8 Å². The van der Waals surface area contributed by atoms with Crippen LogP contribution < -0.4 is 5.32 Å². The number of carbonyl (C=O) groups excluding carboxylic acids is 2. The Morgan fingerprint density at radius 3 is 2.38 bits per heavy atom. The quantitative estimate of drug-likeness (QED) is 0.417. The summed E-state index contributed by atoms with van der Waals surface area (Å²) in [4.78, 5) is 28.7. The normalized spacial score (nSPS) is 11.0. The van der Waals surface area contributed by atoms with Crippen LogP contribution in [0.15, 0.2) is 90.1 Å². The van der Waals surface area contributed by atoms with Crippen molar-refractivity contribution in [2.45, 2.75) is 19.3 Å². The van der Waals surface area contributed by atoms with Gasteiger partial charge in [-0.05, 0) is 35.9 Å². The topological polar surface area (TPSA) is 65.8 Å². The minimum Gasteiger partial charge on any atom is -0.467 e. The van der Waals surface area contributed by atoms with Gasteiger partial charge in [-0.3, -0.25) is 4.79 Å². The van der Waals surface area contributed by atoms with Gasteiger partial charge in [0.15, 0.2) is 0 Å². The molecule has 3 aromatic rings. The van der Waals surface area contributed by atoms with Crippen LogP contribution >= 0.6 is 0 Å². The standard InChI is InChI=1S/C25H24F3N3O3/c1-2-13-30(24(33)29-21-11-6-10-20(15-21)25(26,27)28)18-23(32)31(17-22-12-7-14-34-22)16-19-8-4-3-5-9-19/h2-12,14-15H,1,13,16-18H2,(H,29,33). The van der Waals surface area contributed by atoms with E-state index in [4.69, 9.17) is 4.42 Å². The minimum atomic E-state index is -4.54. The molecule has 0 aliphatic carbocycles. The van der Waals surface area contributed by atoms with Crippen LogP contribution in [-0.2, 0) is 24.1 Å². The van der Waals surface area contributed by atoms with Gasteiger partial charge >= 0.3 is 12.2 Å². The smallest absolute Gasteiger partial charge is 0.416 e. The molecule has 0 unspecified atom stereocenters. The number of nitrogens with one attached hydrogen (secondary N) is 1. The van der Waals surface area contributed by atoms with E-state index >= 15 is 0 Å². The number of alkyl halides is 3. The van der Waals surface area contributed by atoms with E-state index in [-0.39, 0.29) is 37.8 Å². The zero-order valence-corrected chi connectivity index (χ0v) is 18.3. The molecule has 3 amide bonds. The number of urea groups is 1. The zero-order valence-electron chi connectivity index (χ0n) is 18.3. The molecule has 1 aromatic heterocycles. The van der Waals surface area contributed by atoms with Crippen molar-refractivity contribution in [1.29, 1.82) is 0 Å². The van der Waals surface area contributed by atoms with Crippen molar-refractivity contribution in [1.82, 2.24) is 9.80 Å². The molecule has 3 rings (SSSR count). The summed E-state index contributed by atoms with van der Waals surface area (Å²) in [6.45, 7) is 3.81. The molecule has 0 saturated heterocycles. The largest absolute Gasteiger partial charge is 0.467 e. The Hall–Kier alpha value is -4.01. The summed E-state index contributed by atoms with van der Waals surface area (Å²) in [7, 11) is 0. The second kappa shape index (κ2) is 11.2. The van der Waals surface area contributed by atoms with Gasteiger partial charge in [-0.2, -0.15) is 13.2 Å². The monoisotopic (exact) mass is 471 g/mol. The molecule has 9 heteroatoms. The average molecular weight is 471 g/mol. The molecule has 0 radical (unpaired) electrons. The van der Waals surface area contributed by atoms with Gasteiger partial charge in [0.2, 0.25) is 5.91 Å². The van der Waals surface area contributed by atoms with E-state index in [0.717, 1.165) is 17.7 Å². The van der Waals surface area contributed by atoms with Crippen molar-refractivity contribution in [3.8, 4) is 0 Å². The lowest BCUT2D eigenvalue weighted by molar-refractivity contribution is -0.137. The van der Waals surface area contributed by atoms with Crippen LogP contribution in [0, 0.1) is 0 Å². The molecule has 0 aliphatic heterocycles. The summed E-state index contributed by atoms with van der Waals surface area (Å²) in [6, 6.07) is 16.4. The number of furan rings is 1. The maximum Gasteiger partial charge on any atom is 0.416 e. The fraction of sp³-hybridized carbons (Fsp3) is 0.200. The molecule has 34 heavy (non-hydrogen) atoms. The number of hydrogen-bond acceptors (Lipinski definition) is 3. The molecule has 0 saturated carbocycles. The third-order valence-corrected chi connectivity index (χ3v) is 4.90. The Kier molecular flexibility index (Phi) is 8.13. The van der Waals surface area contributed by atoms with Crippen molar-refractivity contribution in [3.63, 3.8) is 0 Å². The second-order valence-corrected chi connectivity index (χ2v) is 7.49. The first-order valence-corrected chi connectivity index (χ1v) is 10.4. The first-order valence-electron chi connectivity index (χ1n) is 10.4. The molecule has 0 atom stereocenters. The van der Waals surface area contributed by atoms with Crippen LogP contribution in [0.2, 0.25) is 0 Å². The minimum absolute atomic E-state index is 0.0243. The number of benzene rings is 2. The third-order valence-electron chi connectivity index (χ3n) is 4.90. The molecule has 0 bridgehead atoms. The molecule has 178 valence electrons. The number of anilines is 1. The number of halogens is 3. The highest BCUT2D eigenvalue weighted by Crippen LogP contribution is 2.30. The molecule has 0 spiro atoms. The van der Waals surface area contributed by atoms with Crippen LogP contribution in [-0.4, -0.2) is 34.8 Å². The highest BCUT2D eigenvalue weighted by atomic mass is 19.4. The third kappa shape index (κ3) is 6.99. The number of nitrogens with zero attached hydrogens (tertiary/aromatic N) is 2. The molecule has 1 heterocycles. The van der Waals surface area contributed by atoms with E-state index in [1.165, 1.54) is 29.4 Å². The van der Waals surface area contributed by atoms with Gasteiger partial charge in [-0.15, -0.1) is 6.58 Å². The van der Waals surface area contributed by atoms with Crippen molar-refractivity contribution < 1.29 is 27.2 Å². The molecule has 0 fully saturated rings. The van der Waals surface area contributed by atoms with Crippen molar-refractivity contribution >= 4 is 17.6 Å². The zero-order chi connectivity index (χ0) is 24.6. The lowest BCUT2D eigenvalue weighted by Crippen LogP contribution is -2.44. The van der Waals surface area contributed by atoms with Crippen LogP contribution in [0.1, 0.15) is 16.9 Å². The average Bonchev–Trinajstić information content (AvgIpc) is 3.32. The lowest BCUT2D eigenvalue weighted by atomic mass is 10.2. The maximum atomic E-state index is 13.2. The van der Waals surface area contributed by atoms with Crippen molar-refractivity contribution in [2.24, 2.45) is 0 Å². The summed E-state index contributed by atoms with van der Waals surface area (Å²) in [5.74, 6) is 0.217. The predicted octanol–water partition coefficient (Wildman–Crippen LogP) is 5.55. The molecule has 0 aliphatic rings. The van der Waals surface area contributed by atoms with E-state index in [1.807, 2.05) is 30.3 Å². The van der Waals surface area contributed by atoms with Gasteiger partial charge in [0.05, 0.1) is 18.4 Å². The van der Waals surface area contributed by atoms with Crippen LogP contribution in [0.4, 0.5) is 23.7 Å². The molecule has 2 aromatic carbocycles. The summed E-state index contributed by atoms with van der Waals surface area (Å²) in [5.41, 5.74) is -0.0201. The maximum absolute atomic E-state index is 13.2. The van der Waals surface area contributed by atoms with Gasteiger partial charge in [0, 0.05) is 18.8 Å². The first kappa shape index (κ1) is 24.6. The molecule has 6 nitrogen and oxygen atoms in total. The predicted molar refractivity (Wildman–Crippen MR) is 122 cm³/mol. The highest BCUT2D eigenvalue weighted by molar-refractivity contribution is 5.92. The molecular formula is C25H24F3N3O3. The fourth-order valence-corrected chi connectivity index (χ4v) is 3.24. The van der Waals surface area contributed by atoms with Crippen LogP contribution in [0.3, 0.4) is 0 Å². The van der Waals surface area contributed by atoms with Crippen LogP contribution in [0.5, 0.6) is 0 Å². The Balaban J connectivity index is 1.74. The summed E-state index contributed by atoms with van der Waals surface area (Å²) < 4.78 is 44.3. The summed E-state index contributed by atoms with van der Waals surface area (Å²) in [5, 5.41) is 2.43. The van der Waals surface area contributed by atoms with E-state index in [2.05, 4.69) is 11.9 Å². The first-order chi connectivity index (χ1) is 16.3. The fourth-order valence-electron chi connectivity index (χ4n) is 3.24. The number of carbonyl (C=O) groups is 2. The Bertz CT molecular complexity index is 1100. The summed E-state index contributed by atoms with van der Waals surface area (Å²) >= 11 is 0. The van der Waals surface area contributed by atoms with E-state index in [1.54, 1.807) is 17.0 Å². The van der Waals surface area contributed by atoms with E-state index in [9.17, 15) is 22.8 Å². The van der Waals surface area contributed by atoms with Crippen molar-refractivity contribution in [2.75, 3.05) is 18.4 Å². The van der Waals surface area contributed by atoms with Crippen LogP contribution in [0.25, 0.3) is 0 Å². The second-order valence-electron chi connectivity index (χ2n) is 7.49. The van der Waals surface area contributed by atoms with Gasteiger partial charge in [-0.1, -0.05) is 42.5 Å². The lowest BCUT2D eigenvalue weighted by Gasteiger charge is -2.27. The molecular weight excluding hydrogens is 447 g/mol.